The Morgan fingerprint density at radius 3 is 1.84 bits per heavy atom. The molecule has 0 aliphatic carbocycles. The lowest BCUT2D eigenvalue weighted by molar-refractivity contribution is -0.358. The van der Waals surface area contributed by atoms with E-state index in [0.29, 0.717) is 0 Å². The van der Waals surface area contributed by atoms with Crippen LogP contribution < -0.4 is 0 Å². The maximum absolute atomic E-state index is 10.3. The molecule has 0 radical (unpaired) electrons. The summed E-state index contributed by atoms with van der Waals surface area (Å²) in [6, 6.07) is 0. The molecule has 2 aliphatic heterocycles. The molecule has 2 heterocycles. The molecular weight excluding hydrogens is 344 g/mol. The zero-order valence-electron chi connectivity index (χ0n) is 13.9. The second kappa shape index (κ2) is 8.97. The number of hydrogen-bond donors (Lipinski definition) is 6. The molecule has 148 valence electrons. The third-order valence-corrected chi connectivity index (χ3v) is 4.47. The van der Waals surface area contributed by atoms with Crippen LogP contribution >= 0.6 is 0 Å². The average molecular weight is 370 g/mol. The molecule has 0 aromatic carbocycles. The van der Waals surface area contributed by atoms with Crippen molar-refractivity contribution in [2.24, 2.45) is 0 Å². The summed E-state index contributed by atoms with van der Waals surface area (Å²) >= 11 is 0. The molecule has 11 nitrogen and oxygen atoms in total. The molecule has 0 aromatic heterocycles. The fourth-order valence-electron chi connectivity index (χ4n) is 3.09. The van der Waals surface area contributed by atoms with Crippen LogP contribution in [-0.4, -0.2) is 119 Å². The van der Waals surface area contributed by atoms with Crippen molar-refractivity contribution in [2.45, 2.75) is 61.4 Å². The highest BCUT2D eigenvalue weighted by Crippen LogP contribution is 2.30. The first-order valence-electron chi connectivity index (χ1n) is 7.85. The molecule has 6 N–H and O–H groups in total. The number of aliphatic hydroxyl groups excluding tert-OH is 6. The lowest BCUT2D eigenvalue weighted by atomic mass is 9.97. The molecule has 0 aromatic rings. The van der Waals surface area contributed by atoms with E-state index >= 15 is 0 Å². The normalized spacial score (nSPS) is 48.5. The zero-order chi connectivity index (χ0) is 18.7. The molecule has 2 rings (SSSR count). The van der Waals surface area contributed by atoms with Gasteiger partial charge in [0.2, 0.25) is 0 Å². The van der Waals surface area contributed by atoms with Gasteiger partial charge in [0.15, 0.2) is 12.6 Å². The third kappa shape index (κ3) is 4.12. The van der Waals surface area contributed by atoms with E-state index in [-0.39, 0.29) is 0 Å². The van der Waals surface area contributed by atoms with Crippen molar-refractivity contribution in [1.82, 2.24) is 0 Å². The SMILES string of the molecule is CO[C@H]1[C@@H](O)[C@@H](CO)O[C@@H](O[C@@H]2[C@H](OC)[C@@H](O)[C@H](O)O[C@@H]2CO)[C@@H]1O. The topological polar surface area (TPSA) is 168 Å². The van der Waals surface area contributed by atoms with Crippen LogP contribution in [0.2, 0.25) is 0 Å². The summed E-state index contributed by atoms with van der Waals surface area (Å²) in [6.45, 7) is -1.11. The summed E-state index contributed by atoms with van der Waals surface area (Å²) in [7, 11) is 2.54. The second-order valence-electron chi connectivity index (χ2n) is 5.95. The predicted octanol–water partition coefficient (Wildman–Crippen LogP) is -4.09. The number of methoxy groups -OCH3 is 2. The van der Waals surface area contributed by atoms with Crippen molar-refractivity contribution in [3.8, 4) is 0 Å². The average Bonchev–Trinajstić information content (AvgIpc) is 2.60. The Morgan fingerprint density at radius 1 is 0.720 bits per heavy atom. The first-order chi connectivity index (χ1) is 11.9. The fraction of sp³-hybridized carbons (Fsp3) is 1.00. The lowest BCUT2D eigenvalue weighted by Crippen LogP contribution is -2.65. The van der Waals surface area contributed by atoms with Gasteiger partial charge < -0.3 is 54.3 Å². The first kappa shape index (κ1) is 20.9. The van der Waals surface area contributed by atoms with Gasteiger partial charge in [0, 0.05) is 14.2 Å². The Kier molecular flexibility index (Phi) is 7.49. The van der Waals surface area contributed by atoms with Gasteiger partial charge in [-0.05, 0) is 0 Å². The van der Waals surface area contributed by atoms with Crippen molar-refractivity contribution in [3.05, 3.63) is 0 Å². The van der Waals surface area contributed by atoms with Gasteiger partial charge in [0.1, 0.15) is 48.8 Å². The maximum atomic E-state index is 10.3. The van der Waals surface area contributed by atoms with Crippen molar-refractivity contribution < 1.29 is 54.3 Å². The van der Waals surface area contributed by atoms with Crippen LogP contribution in [0.3, 0.4) is 0 Å². The first-order valence-corrected chi connectivity index (χ1v) is 7.85. The Balaban J connectivity index is 2.18. The molecule has 0 amide bonds. The van der Waals surface area contributed by atoms with Gasteiger partial charge in [0.05, 0.1) is 13.2 Å². The minimum atomic E-state index is -1.59. The molecule has 10 atom stereocenters. The van der Waals surface area contributed by atoms with Crippen LogP contribution in [0.4, 0.5) is 0 Å². The summed E-state index contributed by atoms with van der Waals surface area (Å²) < 4.78 is 26.2. The van der Waals surface area contributed by atoms with E-state index in [0.717, 1.165) is 0 Å². The minimum Gasteiger partial charge on any atom is -0.394 e. The molecule has 2 saturated heterocycles. The van der Waals surface area contributed by atoms with Gasteiger partial charge in [-0.1, -0.05) is 0 Å². The van der Waals surface area contributed by atoms with Crippen molar-refractivity contribution in [3.63, 3.8) is 0 Å². The monoisotopic (exact) mass is 370 g/mol. The van der Waals surface area contributed by atoms with Crippen LogP contribution in [0.5, 0.6) is 0 Å². The second-order valence-corrected chi connectivity index (χ2v) is 5.95. The van der Waals surface area contributed by atoms with E-state index in [1.54, 1.807) is 0 Å². The van der Waals surface area contributed by atoms with Crippen molar-refractivity contribution >= 4 is 0 Å². The van der Waals surface area contributed by atoms with E-state index < -0.39 is 74.6 Å². The molecule has 2 aliphatic rings. The van der Waals surface area contributed by atoms with E-state index in [2.05, 4.69) is 0 Å². The summed E-state index contributed by atoms with van der Waals surface area (Å²) in [5.74, 6) is 0. The minimum absolute atomic E-state index is 0.548. The maximum Gasteiger partial charge on any atom is 0.187 e. The Morgan fingerprint density at radius 2 is 1.32 bits per heavy atom. The van der Waals surface area contributed by atoms with E-state index in [1.165, 1.54) is 14.2 Å². The van der Waals surface area contributed by atoms with E-state index in [1.807, 2.05) is 0 Å². The number of aliphatic hydroxyl groups is 6. The molecule has 0 unspecified atom stereocenters. The van der Waals surface area contributed by atoms with Gasteiger partial charge in [-0.3, -0.25) is 0 Å². The summed E-state index contributed by atoms with van der Waals surface area (Å²) in [5, 5.41) is 58.7. The zero-order valence-corrected chi connectivity index (χ0v) is 13.9. The molecule has 0 saturated carbocycles. The summed E-state index contributed by atoms with van der Waals surface area (Å²) in [6.07, 6.45) is -12.6. The lowest BCUT2D eigenvalue weighted by Gasteiger charge is -2.46. The van der Waals surface area contributed by atoms with Crippen LogP contribution in [0.1, 0.15) is 0 Å². The van der Waals surface area contributed by atoms with E-state index in [4.69, 9.17) is 23.7 Å². The number of rotatable bonds is 6. The molecule has 25 heavy (non-hydrogen) atoms. The summed E-state index contributed by atoms with van der Waals surface area (Å²) in [5.41, 5.74) is 0. The van der Waals surface area contributed by atoms with Gasteiger partial charge in [-0.25, -0.2) is 0 Å². The Bertz CT molecular complexity index is 410. The van der Waals surface area contributed by atoms with E-state index in [9.17, 15) is 30.6 Å². The smallest absolute Gasteiger partial charge is 0.187 e. The van der Waals surface area contributed by atoms with Crippen LogP contribution in [0, 0.1) is 0 Å². The molecule has 0 bridgehead atoms. The Hall–Kier alpha value is -0.440. The molecule has 11 heteroatoms. The summed E-state index contributed by atoms with van der Waals surface area (Å²) in [4.78, 5) is 0. The van der Waals surface area contributed by atoms with Crippen molar-refractivity contribution in [2.75, 3.05) is 27.4 Å². The highest BCUT2D eigenvalue weighted by Gasteiger charge is 2.51. The third-order valence-electron chi connectivity index (χ3n) is 4.47. The number of hydrogen-bond acceptors (Lipinski definition) is 11. The Labute approximate surface area is 144 Å². The van der Waals surface area contributed by atoms with Crippen LogP contribution in [-0.2, 0) is 23.7 Å². The highest BCUT2D eigenvalue weighted by molar-refractivity contribution is 4.94. The molecule has 2 fully saturated rings. The van der Waals surface area contributed by atoms with Crippen LogP contribution in [0.25, 0.3) is 0 Å². The van der Waals surface area contributed by atoms with Gasteiger partial charge >= 0.3 is 0 Å². The number of ether oxygens (including phenoxy) is 5. The quantitative estimate of drug-likeness (QED) is 0.269. The van der Waals surface area contributed by atoms with Gasteiger partial charge in [0.25, 0.3) is 0 Å². The van der Waals surface area contributed by atoms with Crippen molar-refractivity contribution in [1.29, 1.82) is 0 Å². The standard InChI is InChI=1S/C14H26O11/c1-21-11-7(17)5(3-15)24-14(9(11)19)25-10-6(4-16)23-13(20)8(18)12(10)22-2/h5-20H,3-4H2,1-2H3/t5-,6-,7+,8-,9-,10+,11+,12-,13-,14+/m1/s1. The fourth-order valence-corrected chi connectivity index (χ4v) is 3.09. The highest BCUT2D eigenvalue weighted by atomic mass is 16.7. The van der Waals surface area contributed by atoms with Gasteiger partial charge in [-0.15, -0.1) is 0 Å². The molecule has 0 spiro atoms. The van der Waals surface area contributed by atoms with Crippen LogP contribution in [0.15, 0.2) is 0 Å². The largest absolute Gasteiger partial charge is 0.394 e. The van der Waals surface area contributed by atoms with Gasteiger partial charge in [-0.2, -0.15) is 0 Å². The molecular formula is C14H26O11. The predicted molar refractivity (Wildman–Crippen MR) is 78.2 cm³/mol.